The van der Waals surface area contributed by atoms with E-state index in [0.29, 0.717) is 0 Å². The summed E-state index contributed by atoms with van der Waals surface area (Å²) in [6.07, 6.45) is 1.20. The van der Waals surface area contributed by atoms with Crippen molar-refractivity contribution in [1.82, 2.24) is 0 Å². The molecule has 3 heteroatoms. The van der Waals surface area contributed by atoms with Crippen LogP contribution in [0, 0.1) is 0 Å². The van der Waals surface area contributed by atoms with E-state index in [-0.39, 0.29) is 0 Å². The molecule has 0 aliphatic carbocycles. The molecule has 14 heavy (non-hydrogen) atoms. The number of carboxylic acid groups (broad SMARTS) is 1. The smallest absolute Gasteiger partial charge is 0.328 e. The zero-order valence-corrected chi connectivity index (χ0v) is 8.24. The summed E-state index contributed by atoms with van der Waals surface area (Å²) in [5.41, 5.74) is 2.68. The van der Waals surface area contributed by atoms with Crippen molar-refractivity contribution in [3.05, 3.63) is 35.9 Å². The van der Waals surface area contributed by atoms with E-state index in [0.717, 1.165) is 16.8 Å². The third-order valence-electron chi connectivity index (χ3n) is 1.97. The van der Waals surface area contributed by atoms with Gasteiger partial charge in [0.05, 0.1) is 0 Å². The molecule has 0 bridgehead atoms. The highest BCUT2D eigenvalue weighted by Crippen LogP contribution is 2.16. The molecule has 0 amide bonds. The zero-order chi connectivity index (χ0) is 10.6. The molecule has 0 heterocycles. The molecule has 1 rings (SSSR count). The summed E-state index contributed by atoms with van der Waals surface area (Å²) in [4.78, 5) is 10.4. The summed E-state index contributed by atoms with van der Waals surface area (Å²) in [5, 5.41) is 11.6. The Morgan fingerprint density at radius 1 is 1.36 bits per heavy atom. The van der Waals surface area contributed by atoms with Crippen molar-refractivity contribution in [2.75, 3.05) is 12.4 Å². The van der Waals surface area contributed by atoms with Gasteiger partial charge in [0, 0.05) is 18.8 Å². The first kappa shape index (κ1) is 10.3. The van der Waals surface area contributed by atoms with Crippen LogP contribution in [0.25, 0.3) is 5.57 Å². The molecule has 0 spiro atoms. The van der Waals surface area contributed by atoms with Gasteiger partial charge >= 0.3 is 5.97 Å². The molecule has 0 atom stereocenters. The fourth-order valence-corrected chi connectivity index (χ4v) is 1.17. The molecule has 3 nitrogen and oxygen atoms in total. The number of allylic oxidation sites excluding steroid dienone is 1. The zero-order valence-electron chi connectivity index (χ0n) is 8.24. The Labute approximate surface area is 83.1 Å². The lowest BCUT2D eigenvalue weighted by atomic mass is 10.1. The van der Waals surface area contributed by atoms with Crippen LogP contribution >= 0.6 is 0 Å². The van der Waals surface area contributed by atoms with Gasteiger partial charge in [-0.25, -0.2) is 4.79 Å². The van der Waals surface area contributed by atoms with Crippen LogP contribution in [0.5, 0.6) is 0 Å². The van der Waals surface area contributed by atoms with Gasteiger partial charge in [-0.1, -0.05) is 12.1 Å². The maximum Gasteiger partial charge on any atom is 0.328 e. The number of carboxylic acids is 1. The number of hydrogen-bond acceptors (Lipinski definition) is 2. The van der Waals surface area contributed by atoms with E-state index < -0.39 is 5.97 Å². The lowest BCUT2D eigenvalue weighted by Gasteiger charge is -2.03. The molecule has 1 aromatic carbocycles. The molecule has 74 valence electrons. The van der Waals surface area contributed by atoms with Crippen molar-refractivity contribution < 1.29 is 9.90 Å². The van der Waals surface area contributed by atoms with Crippen LogP contribution in [0.1, 0.15) is 12.5 Å². The largest absolute Gasteiger partial charge is 0.478 e. The summed E-state index contributed by atoms with van der Waals surface area (Å²) >= 11 is 0. The molecule has 0 saturated heterocycles. The standard InChI is InChI=1S/C11H13NO2/c1-8(7-11(13)14)9-3-5-10(12-2)6-4-9/h3-7,12H,1-2H3,(H,13,14)/b8-7+. The van der Waals surface area contributed by atoms with Crippen LogP contribution in [0.2, 0.25) is 0 Å². The lowest BCUT2D eigenvalue weighted by molar-refractivity contribution is -0.131. The average molecular weight is 191 g/mol. The molecule has 1 aromatic rings. The van der Waals surface area contributed by atoms with E-state index in [4.69, 9.17) is 5.11 Å². The van der Waals surface area contributed by atoms with E-state index in [1.165, 1.54) is 6.08 Å². The van der Waals surface area contributed by atoms with Gasteiger partial charge in [0.15, 0.2) is 0 Å². The Morgan fingerprint density at radius 3 is 2.36 bits per heavy atom. The van der Waals surface area contributed by atoms with Gasteiger partial charge in [-0.3, -0.25) is 0 Å². The van der Waals surface area contributed by atoms with Gasteiger partial charge in [0.25, 0.3) is 0 Å². The van der Waals surface area contributed by atoms with Crippen molar-refractivity contribution >= 4 is 17.2 Å². The molecule has 0 saturated carbocycles. The first-order chi connectivity index (χ1) is 6.63. The Balaban J connectivity index is 2.92. The van der Waals surface area contributed by atoms with Gasteiger partial charge < -0.3 is 10.4 Å². The highest BCUT2D eigenvalue weighted by molar-refractivity contribution is 5.89. The second kappa shape index (κ2) is 4.46. The Bertz CT molecular complexity index is 352. The summed E-state index contributed by atoms with van der Waals surface area (Å²) in [5.74, 6) is -0.916. The summed E-state index contributed by atoms with van der Waals surface area (Å²) in [6, 6.07) is 7.60. The van der Waals surface area contributed by atoms with Crippen LogP contribution < -0.4 is 5.32 Å². The fourth-order valence-electron chi connectivity index (χ4n) is 1.17. The van der Waals surface area contributed by atoms with Crippen LogP contribution in [-0.4, -0.2) is 18.1 Å². The predicted molar refractivity (Wildman–Crippen MR) is 57.3 cm³/mol. The third kappa shape index (κ3) is 2.62. The first-order valence-corrected chi connectivity index (χ1v) is 4.33. The molecule has 0 fully saturated rings. The second-order valence-corrected chi connectivity index (χ2v) is 2.99. The van der Waals surface area contributed by atoms with Gasteiger partial charge in [-0.05, 0) is 30.2 Å². The molecule has 0 unspecified atom stereocenters. The Hall–Kier alpha value is -1.77. The highest BCUT2D eigenvalue weighted by Gasteiger charge is 1.98. The molecule has 0 aliphatic rings. The molecule has 0 aliphatic heterocycles. The van der Waals surface area contributed by atoms with E-state index in [9.17, 15) is 4.79 Å². The van der Waals surface area contributed by atoms with Crippen LogP contribution in [0.3, 0.4) is 0 Å². The van der Waals surface area contributed by atoms with Crippen molar-refractivity contribution in [3.63, 3.8) is 0 Å². The second-order valence-electron chi connectivity index (χ2n) is 2.99. The van der Waals surface area contributed by atoms with Crippen molar-refractivity contribution in [1.29, 1.82) is 0 Å². The SMILES string of the molecule is CNc1ccc(/C(C)=C/C(=O)O)cc1. The van der Waals surface area contributed by atoms with E-state index in [1.807, 2.05) is 31.3 Å². The third-order valence-corrected chi connectivity index (χ3v) is 1.97. The van der Waals surface area contributed by atoms with E-state index in [2.05, 4.69) is 5.32 Å². The maximum absolute atomic E-state index is 10.4. The van der Waals surface area contributed by atoms with Crippen molar-refractivity contribution in [2.24, 2.45) is 0 Å². The fraction of sp³-hybridized carbons (Fsp3) is 0.182. The number of nitrogens with one attached hydrogen (secondary N) is 1. The number of anilines is 1. The molecule has 2 N–H and O–H groups in total. The quantitative estimate of drug-likeness (QED) is 0.720. The minimum Gasteiger partial charge on any atom is -0.478 e. The number of hydrogen-bond donors (Lipinski definition) is 2. The number of benzene rings is 1. The van der Waals surface area contributed by atoms with Gasteiger partial charge in [-0.2, -0.15) is 0 Å². The lowest BCUT2D eigenvalue weighted by Crippen LogP contribution is -1.91. The minimum absolute atomic E-state index is 0.750. The highest BCUT2D eigenvalue weighted by atomic mass is 16.4. The molecular weight excluding hydrogens is 178 g/mol. The Kier molecular flexibility index (Phi) is 3.29. The molecule has 0 aromatic heterocycles. The summed E-state index contributed by atoms with van der Waals surface area (Å²) in [7, 11) is 1.84. The summed E-state index contributed by atoms with van der Waals surface area (Å²) < 4.78 is 0. The van der Waals surface area contributed by atoms with E-state index >= 15 is 0 Å². The average Bonchev–Trinajstić information content (AvgIpc) is 2.17. The number of carbonyl (C=O) groups is 1. The molecule has 0 radical (unpaired) electrons. The topological polar surface area (TPSA) is 49.3 Å². The van der Waals surface area contributed by atoms with Crippen molar-refractivity contribution in [2.45, 2.75) is 6.92 Å². The van der Waals surface area contributed by atoms with Gasteiger partial charge in [0.2, 0.25) is 0 Å². The molecular formula is C11H13NO2. The first-order valence-electron chi connectivity index (χ1n) is 4.33. The van der Waals surface area contributed by atoms with Crippen LogP contribution in [-0.2, 0) is 4.79 Å². The minimum atomic E-state index is -0.916. The monoisotopic (exact) mass is 191 g/mol. The Morgan fingerprint density at radius 2 is 1.93 bits per heavy atom. The number of aliphatic carboxylic acids is 1. The van der Waals surface area contributed by atoms with Crippen LogP contribution in [0.4, 0.5) is 5.69 Å². The maximum atomic E-state index is 10.4. The van der Waals surface area contributed by atoms with Crippen molar-refractivity contribution in [3.8, 4) is 0 Å². The van der Waals surface area contributed by atoms with Gasteiger partial charge in [-0.15, -0.1) is 0 Å². The normalized spacial score (nSPS) is 11.1. The number of rotatable bonds is 3. The van der Waals surface area contributed by atoms with Gasteiger partial charge in [0.1, 0.15) is 0 Å². The van der Waals surface area contributed by atoms with Crippen LogP contribution in [0.15, 0.2) is 30.3 Å². The van der Waals surface area contributed by atoms with E-state index in [1.54, 1.807) is 6.92 Å². The predicted octanol–water partition coefficient (Wildman–Crippen LogP) is 2.22. The summed E-state index contributed by atoms with van der Waals surface area (Å²) in [6.45, 7) is 1.78.